The van der Waals surface area contributed by atoms with Crippen molar-refractivity contribution in [3.63, 3.8) is 0 Å². The highest BCUT2D eigenvalue weighted by atomic mass is 19.4. The van der Waals surface area contributed by atoms with E-state index >= 15 is 0 Å². The van der Waals surface area contributed by atoms with E-state index in [4.69, 9.17) is 0 Å². The topological polar surface area (TPSA) is 38.3 Å². The Morgan fingerprint density at radius 1 is 1.27 bits per heavy atom. The fraction of sp³-hybridized carbons (Fsp3) is 0.562. The van der Waals surface area contributed by atoms with Gasteiger partial charge in [0.05, 0.1) is 18.6 Å². The van der Waals surface area contributed by atoms with Crippen LogP contribution in [0.5, 0.6) is 0 Å². The fourth-order valence-corrected chi connectivity index (χ4v) is 2.97. The molecule has 1 aromatic rings. The van der Waals surface area contributed by atoms with Crippen molar-refractivity contribution < 1.29 is 22.7 Å². The molecule has 3 nitrogen and oxygen atoms in total. The number of anilines is 1. The van der Waals surface area contributed by atoms with Crippen LogP contribution in [0.15, 0.2) is 18.2 Å². The molecule has 1 fully saturated rings. The van der Waals surface area contributed by atoms with Gasteiger partial charge in [-0.25, -0.2) is 4.79 Å². The maximum absolute atomic E-state index is 13.1. The first kappa shape index (κ1) is 16.6. The second-order valence-electron chi connectivity index (χ2n) is 5.70. The van der Waals surface area contributed by atoms with Crippen LogP contribution in [0.1, 0.15) is 41.6 Å². The van der Waals surface area contributed by atoms with Gasteiger partial charge in [-0.1, -0.05) is 12.8 Å². The highest BCUT2D eigenvalue weighted by Gasteiger charge is 2.45. The molecule has 1 aromatic carbocycles. The Balaban J connectivity index is 2.17. The number of rotatable bonds is 3. The van der Waals surface area contributed by atoms with E-state index in [0.29, 0.717) is 24.1 Å². The van der Waals surface area contributed by atoms with E-state index in [1.165, 1.54) is 7.11 Å². The number of esters is 1. The molecule has 1 saturated carbocycles. The lowest BCUT2D eigenvalue weighted by molar-refractivity contribution is -0.184. The number of aryl methyl sites for hydroxylation is 1. The van der Waals surface area contributed by atoms with Crippen LogP contribution in [0.2, 0.25) is 0 Å². The van der Waals surface area contributed by atoms with Crippen molar-refractivity contribution in [3.05, 3.63) is 29.3 Å². The minimum atomic E-state index is -4.18. The van der Waals surface area contributed by atoms with Gasteiger partial charge in [-0.05, 0) is 43.5 Å². The molecule has 0 heterocycles. The molecule has 1 aliphatic carbocycles. The van der Waals surface area contributed by atoms with Gasteiger partial charge in [-0.15, -0.1) is 0 Å². The van der Waals surface area contributed by atoms with Gasteiger partial charge in [0.1, 0.15) is 0 Å². The van der Waals surface area contributed by atoms with E-state index in [1.807, 2.05) is 0 Å². The molecule has 2 unspecified atom stereocenters. The molecular weight excluding hydrogens is 295 g/mol. The quantitative estimate of drug-likeness (QED) is 0.845. The first-order chi connectivity index (χ1) is 10.3. The van der Waals surface area contributed by atoms with Gasteiger partial charge in [0, 0.05) is 11.7 Å². The van der Waals surface area contributed by atoms with E-state index in [2.05, 4.69) is 10.1 Å². The predicted molar refractivity (Wildman–Crippen MR) is 77.9 cm³/mol. The van der Waals surface area contributed by atoms with Crippen LogP contribution in [0.3, 0.4) is 0 Å². The van der Waals surface area contributed by atoms with Crippen molar-refractivity contribution in [2.24, 2.45) is 5.92 Å². The Labute approximate surface area is 127 Å². The number of alkyl halides is 3. The molecule has 0 saturated heterocycles. The molecule has 2 atom stereocenters. The number of methoxy groups -OCH3 is 1. The van der Waals surface area contributed by atoms with Crippen LogP contribution < -0.4 is 5.32 Å². The molecule has 6 heteroatoms. The lowest BCUT2D eigenvalue weighted by atomic mass is 9.83. The number of carbonyl (C=O) groups excluding carboxylic acids is 1. The zero-order valence-corrected chi connectivity index (χ0v) is 12.7. The summed E-state index contributed by atoms with van der Waals surface area (Å²) < 4.78 is 44.0. The second-order valence-corrected chi connectivity index (χ2v) is 5.70. The van der Waals surface area contributed by atoms with Crippen LogP contribution in [-0.2, 0) is 4.74 Å². The van der Waals surface area contributed by atoms with Crippen molar-refractivity contribution in [3.8, 4) is 0 Å². The van der Waals surface area contributed by atoms with E-state index in [1.54, 1.807) is 25.1 Å². The molecular formula is C16H20F3NO2. The highest BCUT2D eigenvalue weighted by molar-refractivity contribution is 5.90. The van der Waals surface area contributed by atoms with Crippen LogP contribution in [-0.4, -0.2) is 25.3 Å². The van der Waals surface area contributed by atoms with Crippen LogP contribution in [0.4, 0.5) is 18.9 Å². The van der Waals surface area contributed by atoms with Gasteiger partial charge < -0.3 is 10.1 Å². The van der Waals surface area contributed by atoms with E-state index in [9.17, 15) is 18.0 Å². The molecule has 0 radical (unpaired) electrons. The Kier molecular flexibility index (Phi) is 4.98. The van der Waals surface area contributed by atoms with Crippen molar-refractivity contribution in [2.75, 3.05) is 12.4 Å². The minimum Gasteiger partial charge on any atom is -0.465 e. The van der Waals surface area contributed by atoms with Crippen molar-refractivity contribution in [1.29, 1.82) is 0 Å². The van der Waals surface area contributed by atoms with Crippen LogP contribution >= 0.6 is 0 Å². The fourth-order valence-electron chi connectivity index (χ4n) is 2.97. The normalized spacial score (nSPS) is 22.2. The van der Waals surface area contributed by atoms with Crippen LogP contribution in [0, 0.1) is 12.8 Å². The van der Waals surface area contributed by atoms with E-state index in [-0.39, 0.29) is 6.42 Å². The maximum atomic E-state index is 13.1. The van der Waals surface area contributed by atoms with Gasteiger partial charge in [0.25, 0.3) is 0 Å². The number of nitrogens with one attached hydrogen (secondary N) is 1. The summed E-state index contributed by atoms with van der Waals surface area (Å²) in [5.74, 6) is -1.78. The van der Waals surface area contributed by atoms with Crippen molar-refractivity contribution in [1.82, 2.24) is 0 Å². The minimum absolute atomic E-state index is 0.167. The number of halogens is 3. The molecule has 0 aromatic heterocycles. The monoisotopic (exact) mass is 315 g/mol. The average Bonchev–Trinajstić information content (AvgIpc) is 2.48. The first-order valence-electron chi connectivity index (χ1n) is 7.35. The van der Waals surface area contributed by atoms with Crippen LogP contribution in [0.25, 0.3) is 0 Å². The molecule has 0 aliphatic heterocycles. The number of ether oxygens (including phenoxy) is 1. The van der Waals surface area contributed by atoms with Gasteiger partial charge >= 0.3 is 12.1 Å². The summed E-state index contributed by atoms with van der Waals surface area (Å²) in [5.41, 5.74) is 1.75. The number of hydrogen-bond donors (Lipinski definition) is 1. The summed E-state index contributed by atoms with van der Waals surface area (Å²) in [4.78, 5) is 11.5. The number of benzene rings is 1. The highest BCUT2D eigenvalue weighted by Crippen LogP contribution is 2.39. The Bertz CT molecular complexity index is 543. The summed E-state index contributed by atoms with van der Waals surface area (Å²) in [6.07, 6.45) is -2.10. The molecule has 0 spiro atoms. The van der Waals surface area contributed by atoms with Gasteiger partial charge in [-0.3, -0.25) is 0 Å². The molecule has 0 bridgehead atoms. The van der Waals surface area contributed by atoms with Gasteiger partial charge in [0.2, 0.25) is 0 Å². The van der Waals surface area contributed by atoms with Gasteiger partial charge in [0.15, 0.2) is 0 Å². The second kappa shape index (κ2) is 6.58. The zero-order valence-electron chi connectivity index (χ0n) is 12.7. The molecule has 122 valence electrons. The standard InChI is InChI=1S/C16H20F3NO2/c1-10-9-11(15(21)22-2)7-8-13(10)20-14-6-4-3-5-12(14)16(17,18)19/h7-9,12,14,20H,3-6H2,1-2H3. The molecule has 1 aliphatic rings. The maximum Gasteiger partial charge on any atom is 0.393 e. The Morgan fingerprint density at radius 2 is 1.95 bits per heavy atom. The largest absolute Gasteiger partial charge is 0.465 e. The molecule has 2 rings (SSSR count). The van der Waals surface area contributed by atoms with E-state index < -0.39 is 24.1 Å². The van der Waals surface area contributed by atoms with Gasteiger partial charge in [-0.2, -0.15) is 13.2 Å². The lowest BCUT2D eigenvalue weighted by Gasteiger charge is -2.34. The molecule has 1 N–H and O–H groups in total. The summed E-state index contributed by atoms with van der Waals surface area (Å²) in [7, 11) is 1.29. The number of hydrogen-bond acceptors (Lipinski definition) is 3. The third-order valence-electron chi connectivity index (χ3n) is 4.17. The Hall–Kier alpha value is -1.72. The van der Waals surface area contributed by atoms with Crippen molar-refractivity contribution in [2.45, 2.75) is 44.8 Å². The third-order valence-corrected chi connectivity index (χ3v) is 4.17. The summed E-state index contributed by atoms with van der Waals surface area (Å²) in [6.45, 7) is 1.76. The van der Waals surface area contributed by atoms with E-state index in [0.717, 1.165) is 12.0 Å². The SMILES string of the molecule is COC(=O)c1ccc(NC2CCCCC2C(F)(F)F)c(C)c1. The Morgan fingerprint density at radius 3 is 2.55 bits per heavy atom. The zero-order chi connectivity index (χ0) is 16.3. The summed E-state index contributed by atoms with van der Waals surface area (Å²) >= 11 is 0. The summed E-state index contributed by atoms with van der Waals surface area (Å²) in [5, 5.41) is 3.02. The smallest absolute Gasteiger partial charge is 0.393 e. The lowest BCUT2D eigenvalue weighted by Crippen LogP contribution is -2.41. The predicted octanol–water partition coefficient (Wildman–Crippen LogP) is 4.31. The number of carbonyl (C=O) groups is 1. The first-order valence-corrected chi connectivity index (χ1v) is 7.35. The third kappa shape index (κ3) is 3.72. The summed E-state index contributed by atoms with van der Waals surface area (Å²) in [6, 6.07) is 4.21. The molecule has 22 heavy (non-hydrogen) atoms. The molecule has 0 amide bonds. The van der Waals surface area contributed by atoms with Crippen molar-refractivity contribution >= 4 is 11.7 Å². The average molecular weight is 315 g/mol.